The van der Waals surface area contributed by atoms with Gasteiger partial charge in [0.1, 0.15) is 11.4 Å². The molecule has 5 nitrogen and oxygen atoms in total. The van der Waals surface area contributed by atoms with Crippen LogP contribution in [0, 0.1) is 0 Å². The van der Waals surface area contributed by atoms with Crippen LogP contribution < -0.4 is 10.6 Å². The summed E-state index contributed by atoms with van der Waals surface area (Å²) in [5.74, 6) is 0.289. The highest BCUT2D eigenvalue weighted by Gasteiger charge is 2.16. The van der Waals surface area contributed by atoms with Gasteiger partial charge >= 0.3 is 6.09 Å². The zero-order valence-corrected chi connectivity index (χ0v) is 13.3. The first-order chi connectivity index (χ1) is 9.83. The SMILES string of the molecule is CCC(NCCNC(=O)OC(C)(C)C)c1ccccc1O. The van der Waals surface area contributed by atoms with E-state index in [1.54, 1.807) is 12.1 Å². The summed E-state index contributed by atoms with van der Waals surface area (Å²) in [5, 5.41) is 15.9. The number of benzene rings is 1. The van der Waals surface area contributed by atoms with Gasteiger partial charge in [-0.15, -0.1) is 0 Å². The lowest BCUT2D eigenvalue weighted by molar-refractivity contribution is 0.0528. The fourth-order valence-corrected chi connectivity index (χ4v) is 1.98. The minimum absolute atomic E-state index is 0.0617. The first-order valence-electron chi connectivity index (χ1n) is 7.31. The fourth-order valence-electron chi connectivity index (χ4n) is 1.98. The van der Waals surface area contributed by atoms with Gasteiger partial charge in [-0.2, -0.15) is 0 Å². The van der Waals surface area contributed by atoms with E-state index in [0.717, 1.165) is 12.0 Å². The second-order valence-electron chi connectivity index (χ2n) is 5.90. The monoisotopic (exact) mass is 294 g/mol. The molecule has 0 bridgehead atoms. The average molecular weight is 294 g/mol. The Morgan fingerprint density at radius 3 is 2.52 bits per heavy atom. The quantitative estimate of drug-likeness (QED) is 0.705. The molecule has 0 aliphatic carbocycles. The number of carbonyl (C=O) groups is 1. The molecule has 5 heteroatoms. The van der Waals surface area contributed by atoms with Gasteiger partial charge in [0.05, 0.1) is 0 Å². The molecule has 1 unspecified atom stereocenters. The van der Waals surface area contributed by atoms with Gasteiger partial charge in [0.2, 0.25) is 0 Å². The van der Waals surface area contributed by atoms with Gasteiger partial charge in [0, 0.05) is 24.7 Å². The number of rotatable bonds is 6. The van der Waals surface area contributed by atoms with Crippen LogP contribution in [0.5, 0.6) is 5.75 Å². The predicted molar refractivity (Wildman–Crippen MR) is 83.4 cm³/mol. The molecule has 0 heterocycles. The molecule has 21 heavy (non-hydrogen) atoms. The molecule has 0 aromatic heterocycles. The Labute approximate surface area is 126 Å². The van der Waals surface area contributed by atoms with E-state index in [2.05, 4.69) is 10.6 Å². The number of para-hydroxylation sites is 1. The van der Waals surface area contributed by atoms with Crippen LogP contribution in [0.15, 0.2) is 24.3 Å². The van der Waals surface area contributed by atoms with E-state index in [-0.39, 0.29) is 11.8 Å². The molecule has 1 aromatic carbocycles. The number of alkyl carbamates (subject to hydrolysis) is 1. The molecule has 0 aliphatic rings. The number of phenolic OH excluding ortho intramolecular Hbond substituents is 1. The fraction of sp³-hybridized carbons (Fsp3) is 0.562. The van der Waals surface area contributed by atoms with Crippen molar-refractivity contribution in [3.63, 3.8) is 0 Å². The maximum absolute atomic E-state index is 11.5. The number of ether oxygens (including phenoxy) is 1. The largest absolute Gasteiger partial charge is 0.508 e. The van der Waals surface area contributed by atoms with Gasteiger partial charge in [-0.25, -0.2) is 4.79 Å². The van der Waals surface area contributed by atoms with Gasteiger partial charge in [-0.05, 0) is 33.3 Å². The molecule has 3 N–H and O–H groups in total. The van der Waals surface area contributed by atoms with Crippen LogP contribution >= 0.6 is 0 Å². The molecular formula is C16H26N2O3. The second-order valence-corrected chi connectivity index (χ2v) is 5.90. The van der Waals surface area contributed by atoms with Gasteiger partial charge < -0.3 is 20.5 Å². The molecule has 0 saturated carbocycles. The second kappa shape index (κ2) is 7.88. The number of aromatic hydroxyl groups is 1. The lowest BCUT2D eigenvalue weighted by Gasteiger charge is -2.21. The molecule has 0 radical (unpaired) electrons. The highest BCUT2D eigenvalue weighted by atomic mass is 16.6. The molecule has 0 fully saturated rings. The van der Waals surface area contributed by atoms with Crippen LogP contribution in [-0.4, -0.2) is 29.9 Å². The topological polar surface area (TPSA) is 70.6 Å². The van der Waals surface area contributed by atoms with Crippen LogP contribution in [0.3, 0.4) is 0 Å². The van der Waals surface area contributed by atoms with E-state index in [1.165, 1.54) is 0 Å². The van der Waals surface area contributed by atoms with Crippen LogP contribution in [0.25, 0.3) is 0 Å². The first kappa shape index (κ1) is 17.3. The van der Waals surface area contributed by atoms with Crippen molar-refractivity contribution in [1.82, 2.24) is 10.6 Å². The van der Waals surface area contributed by atoms with Gasteiger partial charge in [0.15, 0.2) is 0 Å². The Balaban J connectivity index is 2.37. The molecule has 0 saturated heterocycles. The summed E-state index contributed by atoms with van der Waals surface area (Å²) in [6.45, 7) is 8.61. The van der Waals surface area contributed by atoms with Crippen molar-refractivity contribution in [1.29, 1.82) is 0 Å². The summed E-state index contributed by atoms with van der Waals surface area (Å²) in [4.78, 5) is 11.5. The highest BCUT2D eigenvalue weighted by molar-refractivity contribution is 5.67. The van der Waals surface area contributed by atoms with E-state index in [1.807, 2.05) is 39.8 Å². The third kappa shape index (κ3) is 6.49. The third-order valence-electron chi connectivity index (χ3n) is 2.90. The molecule has 1 rings (SSSR count). The van der Waals surface area contributed by atoms with E-state index < -0.39 is 11.7 Å². The molecule has 1 aromatic rings. The Bertz CT molecular complexity index is 455. The van der Waals surface area contributed by atoms with Crippen molar-refractivity contribution in [2.45, 2.75) is 45.8 Å². The summed E-state index contributed by atoms with van der Waals surface area (Å²) in [6.07, 6.45) is 0.434. The summed E-state index contributed by atoms with van der Waals surface area (Å²) in [7, 11) is 0. The van der Waals surface area contributed by atoms with Crippen molar-refractivity contribution in [2.75, 3.05) is 13.1 Å². The van der Waals surface area contributed by atoms with Crippen molar-refractivity contribution in [3.8, 4) is 5.75 Å². The van der Waals surface area contributed by atoms with Crippen LogP contribution in [0.4, 0.5) is 4.79 Å². The first-order valence-corrected chi connectivity index (χ1v) is 7.31. The molecule has 0 aliphatic heterocycles. The minimum Gasteiger partial charge on any atom is -0.508 e. The molecule has 0 spiro atoms. The Hall–Kier alpha value is -1.75. The van der Waals surface area contributed by atoms with Gasteiger partial charge in [-0.3, -0.25) is 0 Å². The summed E-state index contributed by atoms with van der Waals surface area (Å²) in [6, 6.07) is 7.34. The Morgan fingerprint density at radius 2 is 1.95 bits per heavy atom. The molecule has 1 atom stereocenters. The lowest BCUT2D eigenvalue weighted by atomic mass is 10.0. The van der Waals surface area contributed by atoms with Crippen molar-refractivity contribution in [2.24, 2.45) is 0 Å². The van der Waals surface area contributed by atoms with E-state index >= 15 is 0 Å². The van der Waals surface area contributed by atoms with Crippen molar-refractivity contribution >= 4 is 6.09 Å². The van der Waals surface area contributed by atoms with Crippen LogP contribution in [-0.2, 0) is 4.74 Å². The molecular weight excluding hydrogens is 268 g/mol. The Morgan fingerprint density at radius 1 is 1.29 bits per heavy atom. The number of nitrogens with one attached hydrogen (secondary N) is 2. The number of carbonyl (C=O) groups excluding carboxylic acids is 1. The normalized spacial score (nSPS) is 12.8. The Kier molecular flexibility index (Phi) is 6.49. The average Bonchev–Trinajstić information content (AvgIpc) is 2.38. The van der Waals surface area contributed by atoms with Gasteiger partial charge in [-0.1, -0.05) is 25.1 Å². The maximum atomic E-state index is 11.5. The highest BCUT2D eigenvalue weighted by Crippen LogP contribution is 2.25. The predicted octanol–water partition coefficient (Wildman–Crippen LogP) is 2.96. The lowest BCUT2D eigenvalue weighted by Crippen LogP contribution is -2.37. The summed E-state index contributed by atoms with van der Waals surface area (Å²) < 4.78 is 5.16. The zero-order chi connectivity index (χ0) is 15.9. The van der Waals surface area contributed by atoms with E-state index in [9.17, 15) is 9.90 Å². The summed E-state index contributed by atoms with van der Waals surface area (Å²) in [5.41, 5.74) is 0.386. The van der Waals surface area contributed by atoms with Gasteiger partial charge in [0.25, 0.3) is 0 Å². The standard InChI is InChI=1S/C16H26N2O3/c1-5-13(12-8-6-7-9-14(12)19)17-10-11-18-15(20)21-16(2,3)4/h6-9,13,17,19H,5,10-11H2,1-4H3,(H,18,20). The minimum atomic E-state index is -0.487. The number of hydrogen-bond donors (Lipinski definition) is 3. The van der Waals surface area contributed by atoms with Crippen LogP contribution in [0.2, 0.25) is 0 Å². The number of amides is 1. The van der Waals surface area contributed by atoms with Crippen molar-refractivity contribution < 1.29 is 14.6 Å². The third-order valence-corrected chi connectivity index (χ3v) is 2.90. The smallest absolute Gasteiger partial charge is 0.407 e. The summed E-state index contributed by atoms with van der Waals surface area (Å²) >= 11 is 0. The number of hydrogen-bond acceptors (Lipinski definition) is 4. The van der Waals surface area contributed by atoms with E-state index in [4.69, 9.17) is 4.74 Å². The molecule has 1 amide bonds. The van der Waals surface area contributed by atoms with Crippen LogP contribution in [0.1, 0.15) is 45.7 Å². The maximum Gasteiger partial charge on any atom is 0.407 e. The van der Waals surface area contributed by atoms with Crippen molar-refractivity contribution in [3.05, 3.63) is 29.8 Å². The van der Waals surface area contributed by atoms with E-state index in [0.29, 0.717) is 13.1 Å². The molecule has 118 valence electrons. The zero-order valence-electron chi connectivity index (χ0n) is 13.3. The number of phenols is 1.